The van der Waals surface area contributed by atoms with E-state index in [1.54, 1.807) is 7.11 Å². The number of benzene rings is 1. The van der Waals surface area contributed by atoms with Crippen LogP contribution in [0.1, 0.15) is 49.1 Å². The zero-order valence-electron chi connectivity index (χ0n) is 13.2. The summed E-state index contributed by atoms with van der Waals surface area (Å²) in [4.78, 5) is 2.32. The van der Waals surface area contributed by atoms with Crippen LogP contribution in [0.25, 0.3) is 0 Å². The molecule has 21 heavy (non-hydrogen) atoms. The molecule has 2 aliphatic rings. The molecule has 0 amide bonds. The second-order valence-corrected chi connectivity index (χ2v) is 6.76. The van der Waals surface area contributed by atoms with E-state index in [1.807, 2.05) is 6.07 Å². The van der Waals surface area contributed by atoms with Gasteiger partial charge in [0.25, 0.3) is 0 Å². The summed E-state index contributed by atoms with van der Waals surface area (Å²) in [6, 6.07) is 6.33. The van der Waals surface area contributed by atoms with Crippen LogP contribution >= 0.6 is 0 Å². The van der Waals surface area contributed by atoms with Gasteiger partial charge in [-0.05, 0) is 49.1 Å². The van der Waals surface area contributed by atoms with Crippen LogP contribution in [0.3, 0.4) is 0 Å². The van der Waals surface area contributed by atoms with Crippen molar-refractivity contribution in [1.82, 2.24) is 4.90 Å². The van der Waals surface area contributed by atoms with Crippen LogP contribution in [0.15, 0.2) is 18.2 Å². The molecule has 3 nitrogen and oxygen atoms in total. The smallest absolute Gasteiger partial charge is 0.119 e. The standard InChI is InChI=1S/C18H27NO2/c1-19-11-14-10-15(21-2)8-9-16(14)17(12-19)18(20)13-6-4-3-5-7-13/h8-10,13,17-18,20H,3-7,11-12H2,1-2H3. The van der Waals surface area contributed by atoms with Gasteiger partial charge in [0.2, 0.25) is 0 Å². The maximum absolute atomic E-state index is 10.9. The minimum absolute atomic E-state index is 0.208. The van der Waals surface area contributed by atoms with Gasteiger partial charge in [-0.3, -0.25) is 0 Å². The highest BCUT2D eigenvalue weighted by Gasteiger charge is 2.34. The fourth-order valence-electron chi connectivity index (χ4n) is 4.09. The Morgan fingerprint density at radius 1 is 1.24 bits per heavy atom. The molecule has 0 bridgehead atoms. The van der Waals surface area contributed by atoms with Gasteiger partial charge in [-0.25, -0.2) is 0 Å². The monoisotopic (exact) mass is 289 g/mol. The van der Waals surface area contributed by atoms with Crippen molar-refractivity contribution < 1.29 is 9.84 Å². The van der Waals surface area contributed by atoms with Crippen molar-refractivity contribution in [1.29, 1.82) is 0 Å². The van der Waals surface area contributed by atoms with E-state index in [-0.39, 0.29) is 12.0 Å². The van der Waals surface area contributed by atoms with Gasteiger partial charge in [-0.1, -0.05) is 25.3 Å². The minimum atomic E-state index is -0.208. The maximum Gasteiger partial charge on any atom is 0.119 e. The van der Waals surface area contributed by atoms with Gasteiger partial charge in [0.1, 0.15) is 5.75 Å². The molecule has 2 unspecified atom stereocenters. The number of fused-ring (bicyclic) bond motifs is 1. The lowest BCUT2D eigenvalue weighted by Gasteiger charge is -2.39. The Kier molecular flexibility index (Phi) is 4.51. The molecule has 2 atom stereocenters. The largest absolute Gasteiger partial charge is 0.497 e. The topological polar surface area (TPSA) is 32.7 Å². The van der Waals surface area contributed by atoms with E-state index in [1.165, 1.54) is 43.2 Å². The average molecular weight is 289 g/mol. The number of likely N-dealkylation sites (N-methyl/N-ethyl adjacent to an activating group) is 1. The number of aliphatic hydroxyl groups excluding tert-OH is 1. The number of nitrogens with zero attached hydrogens (tertiary/aromatic N) is 1. The summed E-state index contributed by atoms with van der Waals surface area (Å²) in [5.74, 6) is 1.63. The van der Waals surface area contributed by atoms with Gasteiger partial charge < -0.3 is 14.7 Å². The Bertz CT molecular complexity index is 482. The van der Waals surface area contributed by atoms with Crippen LogP contribution < -0.4 is 4.74 Å². The molecule has 1 heterocycles. The fourth-order valence-corrected chi connectivity index (χ4v) is 4.09. The Morgan fingerprint density at radius 3 is 2.71 bits per heavy atom. The molecule has 1 aliphatic carbocycles. The summed E-state index contributed by atoms with van der Waals surface area (Å²) in [6.45, 7) is 1.90. The van der Waals surface area contributed by atoms with E-state index in [9.17, 15) is 5.11 Å². The first-order valence-electron chi connectivity index (χ1n) is 8.22. The molecular weight excluding hydrogens is 262 g/mol. The highest BCUT2D eigenvalue weighted by atomic mass is 16.5. The fraction of sp³-hybridized carbons (Fsp3) is 0.667. The van der Waals surface area contributed by atoms with Crippen molar-refractivity contribution in [2.45, 2.75) is 50.7 Å². The lowest BCUT2D eigenvalue weighted by atomic mass is 9.76. The summed E-state index contributed by atoms with van der Waals surface area (Å²) in [7, 11) is 3.85. The highest BCUT2D eigenvalue weighted by Crippen LogP contribution is 2.38. The Balaban J connectivity index is 1.85. The number of aliphatic hydroxyl groups is 1. The second kappa shape index (κ2) is 6.37. The van der Waals surface area contributed by atoms with E-state index in [0.717, 1.165) is 18.8 Å². The molecule has 1 aromatic rings. The van der Waals surface area contributed by atoms with Gasteiger partial charge in [-0.2, -0.15) is 0 Å². The van der Waals surface area contributed by atoms with Crippen LogP contribution in [0.4, 0.5) is 0 Å². The molecule has 0 spiro atoms. The quantitative estimate of drug-likeness (QED) is 0.927. The van der Waals surface area contributed by atoms with Crippen molar-refractivity contribution in [3.05, 3.63) is 29.3 Å². The number of hydrogen-bond donors (Lipinski definition) is 1. The van der Waals surface area contributed by atoms with Crippen LogP contribution in [0, 0.1) is 5.92 Å². The number of rotatable bonds is 3. The first kappa shape index (κ1) is 14.9. The first-order valence-corrected chi connectivity index (χ1v) is 8.22. The second-order valence-electron chi connectivity index (χ2n) is 6.76. The lowest BCUT2D eigenvalue weighted by Crippen LogP contribution is -2.39. The highest BCUT2D eigenvalue weighted by molar-refractivity contribution is 5.40. The predicted octanol–water partition coefficient (Wildman–Crippen LogP) is 3.17. The molecule has 0 radical (unpaired) electrons. The van der Waals surface area contributed by atoms with Crippen LogP contribution in [0.2, 0.25) is 0 Å². The molecule has 1 aromatic carbocycles. The van der Waals surface area contributed by atoms with Gasteiger partial charge >= 0.3 is 0 Å². The molecule has 0 saturated heterocycles. The van der Waals surface area contributed by atoms with Crippen molar-refractivity contribution in [2.75, 3.05) is 20.7 Å². The minimum Gasteiger partial charge on any atom is -0.497 e. The van der Waals surface area contributed by atoms with Crippen LogP contribution in [-0.4, -0.2) is 36.8 Å². The number of hydrogen-bond acceptors (Lipinski definition) is 3. The van der Waals surface area contributed by atoms with E-state index in [2.05, 4.69) is 24.1 Å². The van der Waals surface area contributed by atoms with E-state index < -0.39 is 0 Å². The SMILES string of the molecule is COc1ccc2c(c1)CN(C)CC2C(O)C1CCCCC1. The molecule has 1 N–H and O–H groups in total. The van der Waals surface area contributed by atoms with E-state index in [4.69, 9.17) is 4.74 Å². The van der Waals surface area contributed by atoms with Crippen molar-refractivity contribution in [3.8, 4) is 5.75 Å². The van der Waals surface area contributed by atoms with Gasteiger partial charge in [0, 0.05) is 19.0 Å². The van der Waals surface area contributed by atoms with Crippen molar-refractivity contribution in [3.63, 3.8) is 0 Å². The molecular formula is C18H27NO2. The molecule has 1 fully saturated rings. The summed E-state index contributed by atoms with van der Waals surface area (Å²) < 4.78 is 5.35. The Hall–Kier alpha value is -1.06. The summed E-state index contributed by atoms with van der Waals surface area (Å²) >= 11 is 0. The summed E-state index contributed by atoms with van der Waals surface area (Å²) in [5.41, 5.74) is 2.63. The Labute approximate surface area is 127 Å². The normalized spacial score (nSPS) is 25.4. The predicted molar refractivity (Wildman–Crippen MR) is 84.7 cm³/mol. The average Bonchev–Trinajstić information content (AvgIpc) is 2.53. The molecule has 1 saturated carbocycles. The summed E-state index contributed by atoms with van der Waals surface area (Å²) in [6.07, 6.45) is 6.06. The van der Waals surface area contributed by atoms with Gasteiger partial charge in [0.05, 0.1) is 13.2 Å². The molecule has 0 aromatic heterocycles. The number of ether oxygens (including phenoxy) is 1. The molecule has 3 heteroatoms. The Morgan fingerprint density at radius 2 is 2.00 bits per heavy atom. The van der Waals surface area contributed by atoms with Gasteiger partial charge in [0.15, 0.2) is 0 Å². The third-order valence-electron chi connectivity index (χ3n) is 5.24. The zero-order chi connectivity index (χ0) is 14.8. The van der Waals surface area contributed by atoms with Crippen LogP contribution in [-0.2, 0) is 6.54 Å². The first-order chi connectivity index (χ1) is 10.2. The van der Waals surface area contributed by atoms with Crippen molar-refractivity contribution in [2.24, 2.45) is 5.92 Å². The molecule has 1 aliphatic heterocycles. The molecule has 3 rings (SSSR count). The zero-order valence-corrected chi connectivity index (χ0v) is 13.2. The number of methoxy groups -OCH3 is 1. The molecule has 116 valence electrons. The third-order valence-corrected chi connectivity index (χ3v) is 5.24. The third kappa shape index (κ3) is 3.09. The lowest BCUT2D eigenvalue weighted by molar-refractivity contribution is 0.0441. The summed E-state index contributed by atoms with van der Waals surface area (Å²) in [5, 5.41) is 10.9. The van der Waals surface area contributed by atoms with E-state index >= 15 is 0 Å². The van der Waals surface area contributed by atoms with Gasteiger partial charge in [-0.15, -0.1) is 0 Å². The van der Waals surface area contributed by atoms with Crippen molar-refractivity contribution >= 4 is 0 Å². The maximum atomic E-state index is 10.9. The van der Waals surface area contributed by atoms with Crippen LogP contribution in [0.5, 0.6) is 5.75 Å². The van der Waals surface area contributed by atoms with E-state index in [0.29, 0.717) is 5.92 Å².